The molecule has 12 heavy (non-hydrogen) atoms. The van der Waals surface area contributed by atoms with Gasteiger partial charge in [0, 0.05) is 14.1 Å². The first-order valence-electron chi connectivity index (χ1n) is 3.79. The van der Waals surface area contributed by atoms with Gasteiger partial charge in [-0.3, -0.25) is 0 Å². The molecular weight excluding hydrogens is 152 g/mol. The lowest BCUT2D eigenvalue weighted by Gasteiger charge is -2.35. The molecule has 0 bridgehead atoms. The van der Waals surface area contributed by atoms with Crippen LogP contribution in [0.1, 0.15) is 0 Å². The number of para-hydroxylation sites is 2. The van der Waals surface area contributed by atoms with Gasteiger partial charge in [-0.2, -0.15) is 0 Å². The molecule has 0 amide bonds. The third-order valence-corrected chi connectivity index (χ3v) is 2.15. The van der Waals surface area contributed by atoms with Crippen LogP contribution in [0.3, 0.4) is 0 Å². The number of rotatable bonds is 0. The number of hydrogen-bond acceptors (Lipinski definition) is 3. The zero-order valence-electron chi connectivity index (χ0n) is 7.15. The number of hydrazine groups is 2. The van der Waals surface area contributed by atoms with Crippen molar-refractivity contribution in [2.24, 2.45) is 0 Å². The smallest absolute Gasteiger partial charge is 0.0767 e. The summed E-state index contributed by atoms with van der Waals surface area (Å²) in [6.07, 6.45) is 0. The highest BCUT2D eigenvalue weighted by Gasteiger charge is 2.20. The molecule has 1 aromatic rings. The Labute approximate surface area is 71.7 Å². The summed E-state index contributed by atoms with van der Waals surface area (Å²) >= 11 is 0. The predicted molar refractivity (Wildman–Crippen MR) is 49.4 cm³/mol. The lowest BCUT2D eigenvalue weighted by molar-refractivity contribution is 0.382. The van der Waals surface area contributed by atoms with Crippen LogP contribution >= 0.6 is 0 Å². The monoisotopic (exact) mass is 163 g/mol. The Bertz CT molecular complexity index is 270. The Balaban J connectivity index is 2.52. The minimum Gasteiger partial charge on any atom is -0.570 e. The predicted octanol–water partition coefficient (Wildman–Crippen LogP) is 1.67. The highest BCUT2D eigenvalue weighted by molar-refractivity contribution is 5.73. The lowest BCUT2D eigenvalue weighted by atomic mass is 10.3. The number of anilines is 2. The molecule has 0 unspecified atom stereocenters. The van der Waals surface area contributed by atoms with Crippen LogP contribution in [-0.2, 0) is 0 Å². The molecule has 0 spiro atoms. The molecule has 0 saturated carbocycles. The second-order valence-corrected chi connectivity index (χ2v) is 2.83. The van der Waals surface area contributed by atoms with Crippen LogP contribution in [-0.4, -0.2) is 19.3 Å². The highest BCUT2D eigenvalue weighted by atomic mass is 16.0. The van der Waals surface area contributed by atoms with E-state index in [0.717, 1.165) is 11.4 Å². The number of benzene rings is 1. The first-order chi connectivity index (χ1) is 5.72. The molecule has 4 heteroatoms. The van der Waals surface area contributed by atoms with E-state index in [0.29, 0.717) is 0 Å². The van der Waals surface area contributed by atoms with Gasteiger partial charge in [0.2, 0.25) is 0 Å². The van der Waals surface area contributed by atoms with Crippen molar-refractivity contribution in [2.75, 3.05) is 24.1 Å². The molecule has 2 rings (SSSR count). The Morgan fingerprint density at radius 3 is 1.83 bits per heavy atom. The normalized spacial score (nSPS) is 16.9. The van der Waals surface area contributed by atoms with Crippen molar-refractivity contribution in [1.82, 2.24) is 5.23 Å². The Hall–Kier alpha value is -1.26. The molecule has 0 saturated heterocycles. The summed E-state index contributed by atoms with van der Waals surface area (Å²) in [6, 6.07) is 7.95. The molecule has 64 valence electrons. The van der Waals surface area contributed by atoms with Crippen molar-refractivity contribution >= 4 is 11.4 Å². The van der Waals surface area contributed by atoms with Crippen molar-refractivity contribution in [3.05, 3.63) is 30.1 Å². The van der Waals surface area contributed by atoms with E-state index >= 15 is 0 Å². The van der Waals surface area contributed by atoms with Gasteiger partial charge in [-0.15, -0.1) is 0 Å². The van der Waals surface area contributed by atoms with Gasteiger partial charge in [0.1, 0.15) is 0 Å². The Morgan fingerprint density at radius 1 is 1.00 bits per heavy atom. The van der Waals surface area contributed by atoms with Crippen LogP contribution in [0.4, 0.5) is 11.4 Å². The topological polar surface area (TPSA) is 33.5 Å². The minimum atomic E-state index is 1.06. The summed E-state index contributed by atoms with van der Waals surface area (Å²) in [5.74, 6) is 7.62. The summed E-state index contributed by atoms with van der Waals surface area (Å²) in [6.45, 7) is 0. The van der Waals surface area contributed by atoms with Crippen molar-refractivity contribution in [3.63, 3.8) is 0 Å². The molecule has 1 aromatic carbocycles. The van der Waals surface area contributed by atoms with Gasteiger partial charge in [-0.25, -0.2) is 5.23 Å². The zero-order valence-corrected chi connectivity index (χ0v) is 7.15. The summed E-state index contributed by atoms with van der Waals surface area (Å²) < 4.78 is 0. The van der Waals surface area contributed by atoms with Gasteiger partial charge >= 0.3 is 0 Å². The van der Waals surface area contributed by atoms with Crippen LogP contribution < -0.4 is 10.0 Å². The third kappa shape index (κ3) is 0.790. The summed E-state index contributed by atoms with van der Waals surface area (Å²) in [5.41, 5.74) is 2.13. The maximum absolute atomic E-state index is 7.62. The number of nitrogens with zero attached hydrogens (tertiary/aromatic N) is 3. The number of nitrogens with one attached hydrogen (secondary N) is 1. The van der Waals surface area contributed by atoms with Gasteiger partial charge in [0.15, 0.2) is 0 Å². The standard InChI is InChI=1S/C8H11N4/c1-10-7-5-3-4-6-8(7)11(2)12(10)9/h3-6,9H,1-2H3/q-1. The van der Waals surface area contributed by atoms with Crippen LogP contribution in [0.2, 0.25) is 0 Å². The first kappa shape index (κ1) is 7.39. The van der Waals surface area contributed by atoms with E-state index in [1.54, 1.807) is 10.0 Å². The molecule has 4 nitrogen and oxygen atoms in total. The van der Waals surface area contributed by atoms with E-state index in [-0.39, 0.29) is 0 Å². The number of fused-ring (bicyclic) bond motifs is 1. The second kappa shape index (κ2) is 2.36. The van der Waals surface area contributed by atoms with Gasteiger partial charge in [-0.05, 0) is 12.1 Å². The van der Waals surface area contributed by atoms with Gasteiger partial charge in [0.05, 0.1) is 11.4 Å². The van der Waals surface area contributed by atoms with Crippen molar-refractivity contribution in [2.45, 2.75) is 0 Å². The highest BCUT2D eigenvalue weighted by Crippen LogP contribution is 2.35. The summed E-state index contributed by atoms with van der Waals surface area (Å²) in [5, 5.41) is 4.90. The van der Waals surface area contributed by atoms with E-state index in [1.807, 2.05) is 38.4 Å². The Kier molecular flexibility index (Phi) is 1.46. The molecule has 1 aliphatic heterocycles. The molecule has 1 N–H and O–H groups in total. The average Bonchev–Trinajstić information content (AvgIpc) is 2.33. The average molecular weight is 163 g/mol. The summed E-state index contributed by atoms with van der Waals surface area (Å²) in [4.78, 5) is 0. The second-order valence-electron chi connectivity index (χ2n) is 2.83. The summed E-state index contributed by atoms with van der Waals surface area (Å²) in [7, 11) is 3.74. The van der Waals surface area contributed by atoms with Crippen LogP contribution in [0.5, 0.6) is 0 Å². The first-order valence-corrected chi connectivity index (χ1v) is 3.79. The molecule has 0 radical (unpaired) electrons. The fraction of sp³-hybridized carbons (Fsp3) is 0.250. The van der Waals surface area contributed by atoms with E-state index in [1.165, 1.54) is 5.23 Å². The molecule has 0 fully saturated rings. The largest absolute Gasteiger partial charge is 0.570 e. The van der Waals surface area contributed by atoms with E-state index in [4.69, 9.17) is 5.84 Å². The fourth-order valence-corrected chi connectivity index (χ4v) is 1.42. The third-order valence-electron chi connectivity index (χ3n) is 2.15. The van der Waals surface area contributed by atoms with Gasteiger partial charge in [0.25, 0.3) is 0 Å². The van der Waals surface area contributed by atoms with Gasteiger partial charge < -0.3 is 15.9 Å². The molecule has 0 aliphatic carbocycles. The molecule has 0 aromatic heterocycles. The van der Waals surface area contributed by atoms with Crippen LogP contribution in [0.15, 0.2) is 24.3 Å². The van der Waals surface area contributed by atoms with Gasteiger partial charge in [-0.1, -0.05) is 12.1 Å². The SMILES string of the molecule is CN1c2ccccc2N(C)N1[NH-]. The molecule has 1 aliphatic rings. The van der Waals surface area contributed by atoms with Crippen molar-refractivity contribution < 1.29 is 0 Å². The van der Waals surface area contributed by atoms with Crippen LogP contribution in [0.25, 0.3) is 5.84 Å². The minimum absolute atomic E-state index is 1.06. The zero-order chi connectivity index (χ0) is 8.72. The van der Waals surface area contributed by atoms with E-state index in [2.05, 4.69) is 0 Å². The van der Waals surface area contributed by atoms with Crippen LogP contribution in [0, 0.1) is 0 Å². The molecule has 1 heterocycles. The van der Waals surface area contributed by atoms with Crippen molar-refractivity contribution in [1.29, 1.82) is 0 Å². The number of hydrogen-bond donors (Lipinski definition) is 0. The maximum atomic E-state index is 7.62. The van der Waals surface area contributed by atoms with Crippen molar-refractivity contribution in [3.8, 4) is 0 Å². The molecule has 0 atom stereocenters. The van der Waals surface area contributed by atoms with E-state index < -0.39 is 0 Å². The van der Waals surface area contributed by atoms with E-state index in [9.17, 15) is 0 Å². The quantitative estimate of drug-likeness (QED) is 0.583. The lowest BCUT2D eigenvalue weighted by Crippen LogP contribution is -2.38. The maximum Gasteiger partial charge on any atom is 0.0767 e. The molecular formula is C8H11N4-. The Morgan fingerprint density at radius 2 is 1.42 bits per heavy atom. The fourth-order valence-electron chi connectivity index (χ4n) is 1.42.